The number of carbonyl (C=O) groups is 2. The molecular formula is C16H19N5O2. The molecule has 1 fully saturated rings. The third-order valence-corrected chi connectivity index (χ3v) is 3.71. The summed E-state index contributed by atoms with van der Waals surface area (Å²) in [6, 6.07) is 9.68. The number of hydrogen-bond donors (Lipinski definition) is 2. The summed E-state index contributed by atoms with van der Waals surface area (Å²) >= 11 is 0. The molecular weight excluding hydrogens is 294 g/mol. The zero-order valence-corrected chi connectivity index (χ0v) is 12.7. The number of urea groups is 1. The molecule has 120 valence electrons. The Morgan fingerprint density at radius 1 is 1.30 bits per heavy atom. The van der Waals surface area contributed by atoms with E-state index in [1.807, 2.05) is 34.9 Å². The average Bonchev–Trinajstić information content (AvgIpc) is 3.18. The first-order valence-electron chi connectivity index (χ1n) is 7.60. The molecule has 1 aliphatic rings. The SMILES string of the molecule is O=C(Cn1ccnc1-c1ccccc1)NCCN1CCNC1=O. The highest BCUT2D eigenvalue weighted by atomic mass is 16.2. The van der Waals surface area contributed by atoms with E-state index < -0.39 is 0 Å². The van der Waals surface area contributed by atoms with E-state index in [2.05, 4.69) is 15.6 Å². The molecule has 0 saturated carbocycles. The van der Waals surface area contributed by atoms with E-state index in [-0.39, 0.29) is 18.5 Å². The van der Waals surface area contributed by atoms with Gasteiger partial charge in [0.25, 0.3) is 0 Å². The van der Waals surface area contributed by atoms with Crippen molar-refractivity contribution in [2.75, 3.05) is 26.2 Å². The van der Waals surface area contributed by atoms with Crippen LogP contribution in [0.2, 0.25) is 0 Å². The van der Waals surface area contributed by atoms with Gasteiger partial charge in [0.1, 0.15) is 12.4 Å². The zero-order valence-electron chi connectivity index (χ0n) is 12.7. The highest BCUT2D eigenvalue weighted by Crippen LogP contribution is 2.16. The van der Waals surface area contributed by atoms with Crippen LogP contribution < -0.4 is 10.6 Å². The molecule has 0 atom stereocenters. The number of amides is 3. The highest BCUT2D eigenvalue weighted by Gasteiger charge is 2.18. The molecule has 1 saturated heterocycles. The van der Waals surface area contributed by atoms with E-state index in [0.717, 1.165) is 11.4 Å². The second-order valence-electron chi connectivity index (χ2n) is 5.31. The van der Waals surface area contributed by atoms with Gasteiger partial charge in [-0.3, -0.25) is 4.79 Å². The van der Waals surface area contributed by atoms with Crippen LogP contribution in [0.15, 0.2) is 42.7 Å². The Bertz CT molecular complexity index is 683. The van der Waals surface area contributed by atoms with Crippen molar-refractivity contribution in [3.05, 3.63) is 42.7 Å². The Kier molecular flexibility index (Phi) is 4.56. The van der Waals surface area contributed by atoms with Gasteiger partial charge in [0.05, 0.1) is 0 Å². The minimum Gasteiger partial charge on any atom is -0.353 e. The van der Waals surface area contributed by atoms with Crippen molar-refractivity contribution in [1.82, 2.24) is 25.1 Å². The van der Waals surface area contributed by atoms with E-state index in [0.29, 0.717) is 26.2 Å². The van der Waals surface area contributed by atoms with Gasteiger partial charge < -0.3 is 20.1 Å². The van der Waals surface area contributed by atoms with Crippen molar-refractivity contribution in [3.8, 4) is 11.4 Å². The minimum absolute atomic E-state index is 0.0692. The first-order valence-corrected chi connectivity index (χ1v) is 7.60. The summed E-state index contributed by atoms with van der Waals surface area (Å²) in [5.41, 5.74) is 0.971. The smallest absolute Gasteiger partial charge is 0.317 e. The Labute approximate surface area is 134 Å². The normalized spacial score (nSPS) is 13.9. The van der Waals surface area contributed by atoms with Crippen molar-refractivity contribution in [2.24, 2.45) is 0 Å². The van der Waals surface area contributed by atoms with E-state index >= 15 is 0 Å². The number of hydrogen-bond acceptors (Lipinski definition) is 3. The number of benzene rings is 1. The predicted octanol–water partition coefficient (Wildman–Crippen LogP) is 0.691. The fraction of sp³-hybridized carbons (Fsp3) is 0.312. The third-order valence-electron chi connectivity index (χ3n) is 3.71. The monoisotopic (exact) mass is 313 g/mol. The maximum atomic E-state index is 12.1. The van der Waals surface area contributed by atoms with Gasteiger partial charge in [0.2, 0.25) is 5.91 Å². The van der Waals surface area contributed by atoms with Crippen LogP contribution in [0.5, 0.6) is 0 Å². The average molecular weight is 313 g/mol. The van der Waals surface area contributed by atoms with Gasteiger partial charge in [-0.15, -0.1) is 0 Å². The second-order valence-corrected chi connectivity index (χ2v) is 5.31. The summed E-state index contributed by atoms with van der Waals surface area (Å²) in [6.45, 7) is 2.53. The second kappa shape index (κ2) is 6.95. The van der Waals surface area contributed by atoms with Gasteiger partial charge in [-0.25, -0.2) is 9.78 Å². The fourth-order valence-electron chi connectivity index (χ4n) is 2.55. The molecule has 7 heteroatoms. The molecule has 0 unspecified atom stereocenters. The van der Waals surface area contributed by atoms with Crippen LogP contribution >= 0.6 is 0 Å². The van der Waals surface area contributed by atoms with E-state index in [1.165, 1.54) is 0 Å². The largest absolute Gasteiger partial charge is 0.353 e. The summed E-state index contributed by atoms with van der Waals surface area (Å²) in [6.07, 6.45) is 3.47. The van der Waals surface area contributed by atoms with Crippen molar-refractivity contribution in [2.45, 2.75) is 6.54 Å². The number of nitrogens with one attached hydrogen (secondary N) is 2. The quantitative estimate of drug-likeness (QED) is 0.823. The molecule has 0 bridgehead atoms. The lowest BCUT2D eigenvalue weighted by Gasteiger charge is -2.14. The molecule has 0 spiro atoms. The summed E-state index contributed by atoms with van der Waals surface area (Å²) < 4.78 is 1.81. The molecule has 2 heterocycles. The Morgan fingerprint density at radius 3 is 2.87 bits per heavy atom. The Hall–Kier alpha value is -2.83. The first-order chi connectivity index (χ1) is 11.2. The van der Waals surface area contributed by atoms with Crippen molar-refractivity contribution >= 4 is 11.9 Å². The van der Waals surface area contributed by atoms with Crippen molar-refractivity contribution in [3.63, 3.8) is 0 Å². The van der Waals surface area contributed by atoms with Gasteiger partial charge in [0.15, 0.2) is 0 Å². The molecule has 0 aliphatic carbocycles. The maximum absolute atomic E-state index is 12.1. The van der Waals surface area contributed by atoms with Crippen LogP contribution in [0, 0.1) is 0 Å². The van der Waals surface area contributed by atoms with Gasteiger partial charge in [0, 0.05) is 44.1 Å². The van der Waals surface area contributed by atoms with E-state index in [4.69, 9.17) is 0 Å². The number of aromatic nitrogens is 2. The van der Waals surface area contributed by atoms with Crippen molar-refractivity contribution < 1.29 is 9.59 Å². The van der Waals surface area contributed by atoms with Crippen LogP contribution in [0.25, 0.3) is 11.4 Å². The summed E-state index contributed by atoms with van der Waals surface area (Å²) in [4.78, 5) is 29.5. The molecule has 23 heavy (non-hydrogen) atoms. The first kappa shape index (κ1) is 15.1. The van der Waals surface area contributed by atoms with Crippen molar-refractivity contribution in [1.29, 1.82) is 0 Å². The lowest BCUT2D eigenvalue weighted by molar-refractivity contribution is -0.121. The van der Waals surface area contributed by atoms with Gasteiger partial charge >= 0.3 is 6.03 Å². The van der Waals surface area contributed by atoms with Crippen LogP contribution in [-0.2, 0) is 11.3 Å². The van der Waals surface area contributed by atoms with Crippen LogP contribution in [0.4, 0.5) is 4.79 Å². The molecule has 3 amide bonds. The van der Waals surface area contributed by atoms with Crippen LogP contribution in [0.3, 0.4) is 0 Å². The van der Waals surface area contributed by atoms with Gasteiger partial charge in [-0.1, -0.05) is 30.3 Å². The minimum atomic E-state index is -0.0974. The molecule has 7 nitrogen and oxygen atoms in total. The molecule has 3 rings (SSSR count). The standard InChI is InChI=1S/C16H19N5O2/c22-14(17-6-9-20-10-8-19-16(20)23)12-21-11-7-18-15(21)13-4-2-1-3-5-13/h1-5,7,11H,6,8-10,12H2,(H,17,22)(H,19,23). The molecule has 0 radical (unpaired) electrons. The maximum Gasteiger partial charge on any atom is 0.317 e. The number of rotatable bonds is 6. The Morgan fingerprint density at radius 2 is 2.13 bits per heavy atom. The lowest BCUT2D eigenvalue weighted by Crippen LogP contribution is -2.37. The fourth-order valence-corrected chi connectivity index (χ4v) is 2.55. The lowest BCUT2D eigenvalue weighted by atomic mass is 10.2. The molecule has 2 N–H and O–H groups in total. The van der Waals surface area contributed by atoms with Gasteiger partial charge in [-0.05, 0) is 0 Å². The molecule has 2 aromatic rings. The predicted molar refractivity (Wildman–Crippen MR) is 85.6 cm³/mol. The number of imidazole rings is 1. The van der Waals surface area contributed by atoms with Gasteiger partial charge in [-0.2, -0.15) is 0 Å². The van der Waals surface area contributed by atoms with E-state index in [9.17, 15) is 9.59 Å². The number of carbonyl (C=O) groups excluding carboxylic acids is 2. The Balaban J connectivity index is 1.52. The summed E-state index contributed by atoms with van der Waals surface area (Å²) in [7, 11) is 0. The molecule has 1 aliphatic heterocycles. The van der Waals surface area contributed by atoms with E-state index in [1.54, 1.807) is 17.3 Å². The summed E-state index contributed by atoms with van der Waals surface area (Å²) in [5.74, 6) is 0.666. The molecule has 1 aromatic carbocycles. The zero-order chi connectivity index (χ0) is 16.1. The van der Waals surface area contributed by atoms with Crippen LogP contribution in [-0.4, -0.2) is 52.6 Å². The summed E-state index contributed by atoms with van der Waals surface area (Å²) in [5, 5.41) is 5.57. The number of nitrogens with zero attached hydrogens (tertiary/aromatic N) is 3. The topological polar surface area (TPSA) is 79.3 Å². The molecule has 1 aromatic heterocycles. The third kappa shape index (κ3) is 3.68. The van der Waals surface area contributed by atoms with Crippen LogP contribution in [0.1, 0.15) is 0 Å². The highest BCUT2D eigenvalue weighted by molar-refractivity contribution is 5.77.